The maximum absolute atomic E-state index is 11.1. The van der Waals surface area contributed by atoms with E-state index in [0.717, 1.165) is 20.8 Å². The van der Waals surface area contributed by atoms with Crippen LogP contribution in [0.1, 0.15) is 12.5 Å². The molecule has 0 fully saturated rings. The molecule has 7 heteroatoms. The minimum Gasteiger partial charge on any atom is -0.496 e. The van der Waals surface area contributed by atoms with Gasteiger partial charge in [-0.1, -0.05) is 0 Å². The minimum atomic E-state index is -0.349. The summed E-state index contributed by atoms with van der Waals surface area (Å²) in [5, 5.41) is 1.63. The van der Waals surface area contributed by atoms with Crippen molar-refractivity contribution in [3.8, 4) is 17.2 Å². The van der Waals surface area contributed by atoms with Gasteiger partial charge in [-0.25, -0.2) is 0 Å². The van der Waals surface area contributed by atoms with Crippen LogP contribution in [0.2, 0.25) is 0 Å². The standard InChI is InChI=1S/C16H16Br2O5/c1-8(19)23-7-9-5-10-13(16(22-4)14(9)17)11(20-2)6-12(21-3)15(10)18/h5-6H,7H2,1-4H3. The maximum atomic E-state index is 11.1. The highest BCUT2D eigenvalue weighted by Gasteiger charge is 2.20. The number of rotatable bonds is 5. The normalized spacial score (nSPS) is 10.5. The zero-order chi connectivity index (χ0) is 17.1. The highest BCUT2D eigenvalue weighted by atomic mass is 79.9. The molecule has 5 nitrogen and oxygen atoms in total. The molecule has 124 valence electrons. The predicted molar refractivity (Wildman–Crippen MR) is 94.5 cm³/mol. The van der Waals surface area contributed by atoms with Gasteiger partial charge in [-0.2, -0.15) is 0 Å². The van der Waals surface area contributed by atoms with Crippen molar-refractivity contribution in [2.75, 3.05) is 21.3 Å². The molecular formula is C16H16Br2O5. The van der Waals surface area contributed by atoms with Gasteiger partial charge in [0.05, 0.1) is 35.7 Å². The summed E-state index contributed by atoms with van der Waals surface area (Å²) in [7, 11) is 4.75. The lowest BCUT2D eigenvalue weighted by molar-refractivity contribution is -0.142. The molecule has 0 bridgehead atoms. The first-order chi connectivity index (χ1) is 10.9. The van der Waals surface area contributed by atoms with Gasteiger partial charge in [0, 0.05) is 23.9 Å². The van der Waals surface area contributed by atoms with Gasteiger partial charge in [0.15, 0.2) is 0 Å². The Kier molecular flexibility index (Phi) is 5.75. The van der Waals surface area contributed by atoms with Gasteiger partial charge in [0.2, 0.25) is 0 Å². The molecule has 0 unspecified atom stereocenters. The molecule has 0 heterocycles. The van der Waals surface area contributed by atoms with Crippen LogP contribution in [-0.4, -0.2) is 27.3 Å². The SMILES string of the molecule is COc1cc(OC)c2c(OC)c(Br)c(COC(C)=O)cc2c1Br. The van der Waals surface area contributed by atoms with Crippen molar-refractivity contribution in [2.24, 2.45) is 0 Å². The van der Waals surface area contributed by atoms with Gasteiger partial charge < -0.3 is 18.9 Å². The van der Waals surface area contributed by atoms with E-state index in [2.05, 4.69) is 31.9 Å². The van der Waals surface area contributed by atoms with Gasteiger partial charge in [-0.15, -0.1) is 0 Å². The Balaban J connectivity index is 2.81. The van der Waals surface area contributed by atoms with Crippen molar-refractivity contribution < 1.29 is 23.7 Å². The predicted octanol–water partition coefficient (Wildman–Crippen LogP) is 4.45. The second kappa shape index (κ2) is 7.40. The third-order valence-electron chi connectivity index (χ3n) is 3.33. The summed E-state index contributed by atoms with van der Waals surface area (Å²) in [6.45, 7) is 1.50. The summed E-state index contributed by atoms with van der Waals surface area (Å²) in [6.07, 6.45) is 0. The lowest BCUT2D eigenvalue weighted by Crippen LogP contribution is -2.02. The number of ether oxygens (including phenoxy) is 4. The second-order valence-corrected chi connectivity index (χ2v) is 6.27. The molecule has 2 aromatic carbocycles. The Morgan fingerprint density at radius 1 is 1.00 bits per heavy atom. The van der Waals surface area contributed by atoms with Crippen molar-refractivity contribution in [1.29, 1.82) is 0 Å². The number of benzene rings is 2. The lowest BCUT2D eigenvalue weighted by Gasteiger charge is -2.18. The van der Waals surface area contributed by atoms with Gasteiger partial charge in [0.1, 0.15) is 23.9 Å². The molecule has 0 aliphatic rings. The Hall–Kier alpha value is -1.47. The van der Waals surface area contributed by atoms with Crippen LogP contribution in [-0.2, 0) is 16.1 Å². The Bertz CT molecular complexity index is 758. The number of halogens is 2. The summed E-state index contributed by atoms with van der Waals surface area (Å²) in [4.78, 5) is 11.1. The number of carbonyl (C=O) groups excluding carboxylic acids is 1. The van der Waals surface area contributed by atoms with E-state index < -0.39 is 0 Å². The van der Waals surface area contributed by atoms with E-state index in [0.29, 0.717) is 21.7 Å². The molecule has 0 saturated carbocycles. The van der Waals surface area contributed by atoms with Gasteiger partial charge in [-0.05, 0) is 37.9 Å². The van der Waals surface area contributed by atoms with Crippen molar-refractivity contribution >= 4 is 48.6 Å². The van der Waals surface area contributed by atoms with E-state index >= 15 is 0 Å². The highest BCUT2D eigenvalue weighted by molar-refractivity contribution is 9.11. The second-order valence-electron chi connectivity index (χ2n) is 4.68. The van der Waals surface area contributed by atoms with Crippen molar-refractivity contribution in [3.05, 3.63) is 26.6 Å². The van der Waals surface area contributed by atoms with E-state index in [1.165, 1.54) is 6.92 Å². The summed E-state index contributed by atoms with van der Waals surface area (Å²) < 4.78 is 23.0. The fraction of sp³-hybridized carbons (Fsp3) is 0.312. The summed E-state index contributed by atoms with van der Waals surface area (Å²) >= 11 is 7.07. The maximum Gasteiger partial charge on any atom is 0.302 e. The summed E-state index contributed by atoms with van der Waals surface area (Å²) in [5.74, 6) is 1.51. The third-order valence-corrected chi connectivity index (χ3v) is 5.02. The Morgan fingerprint density at radius 3 is 2.17 bits per heavy atom. The third kappa shape index (κ3) is 3.40. The van der Waals surface area contributed by atoms with Crippen molar-refractivity contribution in [3.63, 3.8) is 0 Å². The Labute approximate surface area is 151 Å². The average Bonchev–Trinajstić information content (AvgIpc) is 2.53. The first-order valence-corrected chi connectivity index (χ1v) is 8.26. The van der Waals surface area contributed by atoms with Gasteiger partial charge in [-0.3, -0.25) is 4.79 Å². The van der Waals surface area contributed by atoms with E-state index in [1.54, 1.807) is 27.4 Å². The number of esters is 1. The molecule has 23 heavy (non-hydrogen) atoms. The number of hydrogen-bond donors (Lipinski definition) is 0. The van der Waals surface area contributed by atoms with E-state index in [9.17, 15) is 4.79 Å². The smallest absolute Gasteiger partial charge is 0.302 e. The molecule has 0 saturated heterocycles. The van der Waals surface area contributed by atoms with E-state index in [4.69, 9.17) is 18.9 Å². The molecule has 0 spiro atoms. The summed E-state index contributed by atoms with van der Waals surface area (Å²) in [6, 6.07) is 3.69. The molecule has 2 aromatic rings. The van der Waals surface area contributed by atoms with Gasteiger partial charge in [0.25, 0.3) is 0 Å². The molecule has 0 N–H and O–H groups in total. The van der Waals surface area contributed by atoms with E-state index in [1.807, 2.05) is 6.07 Å². The fourth-order valence-electron chi connectivity index (χ4n) is 2.28. The monoisotopic (exact) mass is 446 g/mol. The first kappa shape index (κ1) is 17.9. The topological polar surface area (TPSA) is 54.0 Å². The molecule has 0 radical (unpaired) electrons. The first-order valence-electron chi connectivity index (χ1n) is 6.67. The van der Waals surface area contributed by atoms with E-state index in [-0.39, 0.29) is 12.6 Å². The average molecular weight is 448 g/mol. The lowest BCUT2D eigenvalue weighted by atomic mass is 10.0. The number of fused-ring (bicyclic) bond motifs is 1. The minimum absolute atomic E-state index is 0.133. The number of methoxy groups -OCH3 is 3. The Morgan fingerprint density at radius 2 is 1.65 bits per heavy atom. The van der Waals surface area contributed by atoms with Crippen LogP contribution in [0.15, 0.2) is 21.1 Å². The zero-order valence-electron chi connectivity index (χ0n) is 13.2. The summed E-state index contributed by atoms with van der Waals surface area (Å²) in [5.41, 5.74) is 0.778. The fourth-order valence-corrected chi connectivity index (χ4v) is 3.46. The molecule has 0 aliphatic heterocycles. The van der Waals surface area contributed by atoms with Crippen LogP contribution in [0.5, 0.6) is 17.2 Å². The van der Waals surface area contributed by atoms with Gasteiger partial charge >= 0.3 is 5.97 Å². The van der Waals surface area contributed by atoms with Crippen LogP contribution < -0.4 is 14.2 Å². The molecule has 2 rings (SSSR count). The number of hydrogen-bond acceptors (Lipinski definition) is 5. The molecule has 0 amide bonds. The van der Waals surface area contributed by atoms with Crippen LogP contribution in [0.3, 0.4) is 0 Å². The van der Waals surface area contributed by atoms with Crippen LogP contribution in [0.25, 0.3) is 10.8 Å². The van der Waals surface area contributed by atoms with Crippen molar-refractivity contribution in [1.82, 2.24) is 0 Å². The van der Waals surface area contributed by atoms with Crippen LogP contribution in [0, 0.1) is 0 Å². The van der Waals surface area contributed by atoms with Crippen molar-refractivity contribution in [2.45, 2.75) is 13.5 Å². The van der Waals surface area contributed by atoms with Crippen LogP contribution in [0.4, 0.5) is 0 Å². The molecular weight excluding hydrogens is 432 g/mol. The molecule has 0 atom stereocenters. The largest absolute Gasteiger partial charge is 0.496 e. The molecule has 0 aliphatic carbocycles. The zero-order valence-corrected chi connectivity index (χ0v) is 16.3. The quantitative estimate of drug-likeness (QED) is 0.633. The molecule has 0 aromatic heterocycles. The highest BCUT2D eigenvalue weighted by Crippen LogP contribution is 2.47. The van der Waals surface area contributed by atoms with Crippen LogP contribution >= 0.6 is 31.9 Å². The number of carbonyl (C=O) groups is 1.